The minimum Gasteiger partial charge on any atom is -0.464 e. The van der Waals surface area contributed by atoms with Gasteiger partial charge in [-0.1, -0.05) is 12.1 Å². The standard InChI is InChI=1S/C25H22F6N2O4/c1-15-14-20(16(2)33(15)22-7-5-4-6-21(22)24(26,27)28)23(35)32(12-13-36-17(3)34)18-8-10-19(11-9-18)37-25(29,30)31/h4-11,14H,12-13H2,1-3H3. The zero-order valence-corrected chi connectivity index (χ0v) is 19.9. The molecule has 3 rings (SSSR count). The van der Waals surface area contributed by atoms with Crippen LogP contribution >= 0.6 is 0 Å². The van der Waals surface area contributed by atoms with Crippen LogP contribution in [0, 0.1) is 13.8 Å². The van der Waals surface area contributed by atoms with E-state index >= 15 is 0 Å². The summed E-state index contributed by atoms with van der Waals surface area (Å²) in [4.78, 5) is 25.9. The Morgan fingerprint density at radius 2 is 1.57 bits per heavy atom. The predicted molar refractivity (Wildman–Crippen MR) is 122 cm³/mol. The second kappa shape index (κ2) is 10.6. The Bertz CT molecular complexity index is 1280. The molecule has 0 bridgehead atoms. The van der Waals surface area contributed by atoms with E-state index in [2.05, 4.69) is 4.74 Å². The average molecular weight is 528 g/mol. The van der Waals surface area contributed by atoms with Crippen molar-refractivity contribution in [1.82, 2.24) is 4.57 Å². The maximum Gasteiger partial charge on any atom is 0.573 e. The number of para-hydroxylation sites is 1. The number of amides is 1. The van der Waals surface area contributed by atoms with Crippen LogP contribution in [-0.4, -0.2) is 36.0 Å². The fourth-order valence-electron chi connectivity index (χ4n) is 3.86. The smallest absolute Gasteiger partial charge is 0.464 e. The summed E-state index contributed by atoms with van der Waals surface area (Å²) in [6, 6.07) is 10.8. The van der Waals surface area contributed by atoms with Crippen molar-refractivity contribution in [3.05, 3.63) is 77.1 Å². The lowest BCUT2D eigenvalue weighted by Gasteiger charge is -2.23. The SMILES string of the molecule is CC(=O)OCCN(C(=O)c1cc(C)n(-c2ccccc2C(F)(F)F)c1C)c1ccc(OC(F)(F)F)cc1. The number of carbonyl (C=O) groups is 2. The van der Waals surface area contributed by atoms with E-state index in [0.717, 1.165) is 23.1 Å². The van der Waals surface area contributed by atoms with Crippen molar-refractivity contribution < 1.29 is 45.4 Å². The van der Waals surface area contributed by atoms with Crippen molar-refractivity contribution in [2.24, 2.45) is 0 Å². The van der Waals surface area contributed by atoms with Gasteiger partial charge in [0.25, 0.3) is 5.91 Å². The average Bonchev–Trinajstić information content (AvgIpc) is 3.09. The molecule has 3 aromatic rings. The molecule has 0 N–H and O–H groups in total. The number of anilines is 1. The molecule has 6 nitrogen and oxygen atoms in total. The molecule has 0 saturated heterocycles. The molecular weight excluding hydrogens is 506 g/mol. The lowest BCUT2D eigenvalue weighted by Crippen LogP contribution is -2.34. The molecule has 0 aliphatic carbocycles. The monoisotopic (exact) mass is 528 g/mol. The van der Waals surface area contributed by atoms with Gasteiger partial charge in [0.1, 0.15) is 12.4 Å². The molecule has 37 heavy (non-hydrogen) atoms. The predicted octanol–water partition coefficient (Wildman–Crippen LogP) is 6.22. The van der Waals surface area contributed by atoms with Gasteiger partial charge in [-0.05, 0) is 56.3 Å². The topological polar surface area (TPSA) is 60.8 Å². The highest BCUT2D eigenvalue weighted by molar-refractivity contribution is 6.07. The van der Waals surface area contributed by atoms with Gasteiger partial charge >= 0.3 is 18.5 Å². The zero-order valence-electron chi connectivity index (χ0n) is 19.9. The summed E-state index contributed by atoms with van der Waals surface area (Å²) in [5.41, 5.74) is -0.257. The minimum absolute atomic E-state index is 0.0629. The number of nitrogens with zero attached hydrogens (tertiary/aromatic N) is 2. The maximum absolute atomic E-state index is 13.6. The Morgan fingerprint density at radius 3 is 2.14 bits per heavy atom. The number of halogens is 6. The van der Waals surface area contributed by atoms with Crippen molar-refractivity contribution in [3.8, 4) is 11.4 Å². The summed E-state index contributed by atoms with van der Waals surface area (Å²) in [6.07, 6.45) is -9.54. The first-order chi connectivity index (χ1) is 17.2. The third-order valence-corrected chi connectivity index (χ3v) is 5.36. The number of aryl methyl sites for hydroxylation is 1. The van der Waals surface area contributed by atoms with E-state index in [1.807, 2.05) is 0 Å². The van der Waals surface area contributed by atoms with E-state index < -0.39 is 35.7 Å². The number of ether oxygens (including phenoxy) is 2. The number of hydrogen-bond donors (Lipinski definition) is 0. The molecule has 1 heterocycles. The van der Waals surface area contributed by atoms with Crippen LogP contribution in [0.5, 0.6) is 5.75 Å². The van der Waals surface area contributed by atoms with E-state index in [9.17, 15) is 35.9 Å². The highest BCUT2D eigenvalue weighted by Crippen LogP contribution is 2.36. The Kier molecular flexibility index (Phi) is 7.89. The van der Waals surface area contributed by atoms with Crippen LogP contribution in [0.2, 0.25) is 0 Å². The minimum atomic E-state index is -4.91. The van der Waals surface area contributed by atoms with Gasteiger partial charge in [-0.3, -0.25) is 9.59 Å². The number of aromatic nitrogens is 1. The van der Waals surface area contributed by atoms with Crippen molar-refractivity contribution >= 4 is 17.6 Å². The van der Waals surface area contributed by atoms with Gasteiger partial charge in [-0.25, -0.2) is 0 Å². The van der Waals surface area contributed by atoms with Crippen molar-refractivity contribution in [1.29, 1.82) is 0 Å². The van der Waals surface area contributed by atoms with E-state index in [4.69, 9.17) is 4.74 Å². The molecule has 0 atom stereocenters. The van der Waals surface area contributed by atoms with Crippen LogP contribution in [0.3, 0.4) is 0 Å². The van der Waals surface area contributed by atoms with Crippen LogP contribution in [0.1, 0.15) is 34.2 Å². The Labute approximate surface area is 208 Å². The van der Waals surface area contributed by atoms with Crippen molar-refractivity contribution in [3.63, 3.8) is 0 Å². The van der Waals surface area contributed by atoms with Crippen molar-refractivity contribution in [2.75, 3.05) is 18.1 Å². The number of hydrogen-bond acceptors (Lipinski definition) is 4. The first-order valence-electron chi connectivity index (χ1n) is 10.9. The number of esters is 1. The van der Waals surface area contributed by atoms with E-state index in [1.165, 1.54) is 54.8 Å². The Morgan fingerprint density at radius 1 is 0.946 bits per heavy atom. The van der Waals surface area contributed by atoms with Crippen LogP contribution in [0.15, 0.2) is 54.6 Å². The fourth-order valence-corrected chi connectivity index (χ4v) is 3.86. The lowest BCUT2D eigenvalue weighted by molar-refractivity contribution is -0.274. The Balaban J connectivity index is 2.02. The second-order valence-corrected chi connectivity index (χ2v) is 7.97. The van der Waals surface area contributed by atoms with Gasteiger partial charge in [0.05, 0.1) is 23.4 Å². The molecule has 1 aromatic heterocycles. The third-order valence-electron chi connectivity index (χ3n) is 5.36. The number of alkyl halides is 6. The molecule has 0 spiro atoms. The summed E-state index contributed by atoms with van der Waals surface area (Å²) in [6.45, 7) is 3.81. The molecule has 1 amide bonds. The highest BCUT2D eigenvalue weighted by Gasteiger charge is 2.35. The molecule has 0 fully saturated rings. The number of carbonyl (C=O) groups excluding carboxylic acids is 2. The maximum atomic E-state index is 13.6. The van der Waals surface area contributed by atoms with E-state index in [-0.39, 0.29) is 35.8 Å². The van der Waals surface area contributed by atoms with Crippen LogP contribution in [-0.2, 0) is 15.7 Å². The second-order valence-electron chi connectivity index (χ2n) is 7.97. The lowest BCUT2D eigenvalue weighted by atomic mass is 10.1. The summed E-state index contributed by atoms with van der Waals surface area (Å²) in [5, 5.41) is 0. The summed E-state index contributed by atoms with van der Waals surface area (Å²) >= 11 is 0. The molecule has 0 radical (unpaired) electrons. The van der Waals surface area contributed by atoms with Gasteiger partial charge in [-0.15, -0.1) is 13.2 Å². The van der Waals surface area contributed by atoms with Crippen molar-refractivity contribution in [2.45, 2.75) is 33.3 Å². The molecule has 12 heteroatoms. The molecule has 2 aromatic carbocycles. The zero-order chi connectivity index (χ0) is 27.5. The largest absolute Gasteiger partial charge is 0.573 e. The van der Waals surface area contributed by atoms with Crippen LogP contribution < -0.4 is 9.64 Å². The molecule has 198 valence electrons. The van der Waals surface area contributed by atoms with Crippen LogP contribution in [0.25, 0.3) is 5.69 Å². The molecule has 0 saturated carbocycles. The van der Waals surface area contributed by atoms with Crippen LogP contribution in [0.4, 0.5) is 32.0 Å². The van der Waals surface area contributed by atoms with Gasteiger partial charge in [0, 0.05) is 24.0 Å². The van der Waals surface area contributed by atoms with Gasteiger partial charge in [0.15, 0.2) is 0 Å². The highest BCUT2D eigenvalue weighted by atomic mass is 19.4. The summed E-state index contributed by atoms with van der Waals surface area (Å²) in [7, 11) is 0. The third kappa shape index (κ3) is 6.63. The molecule has 0 unspecified atom stereocenters. The quantitative estimate of drug-likeness (QED) is 0.270. The number of rotatable bonds is 7. The molecule has 0 aliphatic rings. The van der Waals surface area contributed by atoms with Gasteiger partial charge < -0.3 is 18.9 Å². The van der Waals surface area contributed by atoms with E-state index in [0.29, 0.717) is 5.69 Å². The Hall–Kier alpha value is -3.96. The molecular formula is C25H22F6N2O4. The van der Waals surface area contributed by atoms with E-state index in [1.54, 1.807) is 6.92 Å². The fraction of sp³-hybridized carbons (Fsp3) is 0.280. The number of benzene rings is 2. The van der Waals surface area contributed by atoms with Gasteiger partial charge in [-0.2, -0.15) is 13.2 Å². The normalized spacial score (nSPS) is 11.8. The first kappa shape index (κ1) is 27.6. The first-order valence-corrected chi connectivity index (χ1v) is 10.9. The van der Waals surface area contributed by atoms with Gasteiger partial charge in [0.2, 0.25) is 0 Å². The summed E-state index contributed by atoms with van der Waals surface area (Å²) < 4.78 is 88.5. The summed E-state index contributed by atoms with van der Waals surface area (Å²) in [5.74, 6) is -1.77. The molecule has 0 aliphatic heterocycles.